The molecule has 0 aliphatic heterocycles. The van der Waals surface area contributed by atoms with Gasteiger partial charge in [0.15, 0.2) is 0 Å². The summed E-state index contributed by atoms with van der Waals surface area (Å²) in [5, 5.41) is 0. The number of hydrogen-bond acceptors (Lipinski definition) is 2. The Kier molecular flexibility index (Phi) is 8.52. The van der Waals surface area contributed by atoms with Crippen molar-refractivity contribution in [3.05, 3.63) is 174 Å². The molecular weight excluding hydrogens is 534 g/mol. The van der Waals surface area contributed by atoms with Gasteiger partial charge in [0.05, 0.1) is 7.11 Å². The van der Waals surface area contributed by atoms with Crippen molar-refractivity contribution in [2.45, 2.75) is 6.92 Å². The molecule has 6 rings (SSSR count). The minimum atomic E-state index is 0.838. The fraction of sp³-hybridized carbons (Fsp3) is 0.0476. The summed E-state index contributed by atoms with van der Waals surface area (Å²) in [6.45, 7) is 6.24. The van der Waals surface area contributed by atoms with Gasteiger partial charge < -0.3 is 9.64 Å². The number of anilines is 3. The van der Waals surface area contributed by atoms with Gasteiger partial charge in [0.25, 0.3) is 0 Å². The highest BCUT2D eigenvalue weighted by Crippen LogP contribution is 2.37. The van der Waals surface area contributed by atoms with Crippen molar-refractivity contribution >= 4 is 35.3 Å². The molecule has 0 spiro atoms. The van der Waals surface area contributed by atoms with Gasteiger partial charge >= 0.3 is 0 Å². The molecule has 0 bridgehead atoms. The van der Waals surface area contributed by atoms with E-state index in [9.17, 15) is 0 Å². The van der Waals surface area contributed by atoms with E-state index in [1.807, 2.05) is 18.2 Å². The Morgan fingerprint density at radius 1 is 0.545 bits per heavy atom. The van der Waals surface area contributed by atoms with Gasteiger partial charge in [0.1, 0.15) is 5.75 Å². The maximum absolute atomic E-state index is 5.41. The number of rotatable bonds is 9. The number of methoxy groups -OCH3 is 1. The van der Waals surface area contributed by atoms with Crippen LogP contribution in [0.2, 0.25) is 0 Å². The fourth-order valence-electron chi connectivity index (χ4n) is 5.47. The van der Waals surface area contributed by atoms with E-state index in [-0.39, 0.29) is 0 Å². The molecule has 0 aliphatic carbocycles. The summed E-state index contributed by atoms with van der Waals surface area (Å²) in [5.74, 6) is 0.838. The summed E-state index contributed by atoms with van der Waals surface area (Å²) in [5.41, 5.74) is 12.6. The highest BCUT2D eigenvalue weighted by molar-refractivity contribution is 5.88. The molecule has 0 radical (unpaired) electrons. The van der Waals surface area contributed by atoms with Crippen LogP contribution in [-0.2, 0) is 0 Å². The maximum atomic E-state index is 5.41. The van der Waals surface area contributed by atoms with Crippen LogP contribution in [0.5, 0.6) is 5.75 Å². The smallest absolute Gasteiger partial charge is 0.119 e. The Morgan fingerprint density at radius 2 is 1.02 bits per heavy atom. The predicted octanol–water partition coefficient (Wildman–Crippen LogP) is 11.6. The Hall–Kier alpha value is -5.60. The van der Waals surface area contributed by atoms with Crippen LogP contribution < -0.4 is 9.64 Å². The fourth-order valence-corrected chi connectivity index (χ4v) is 5.47. The zero-order valence-electron chi connectivity index (χ0n) is 25.2. The van der Waals surface area contributed by atoms with Crippen LogP contribution in [0.4, 0.5) is 17.1 Å². The number of aryl methyl sites for hydroxylation is 1. The lowest BCUT2D eigenvalue weighted by atomic mass is 9.90. The van der Waals surface area contributed by atoms with Crippen molar-refractivity contribution in [1.29, 1.82) is 0 Å². The Labute approximate surface area is 260 Å². The van der Waals surface area contributed by atoms with Gasteiger partial charge in [-0.05, 0) is 107 Å². The van der Waals surface area contributed by atoms with Gasteiger partial charge in [-0.1, -0.05) is 115 Å². The van der Waals surface area contributed by atoms with E-state index in [1.54, 1.807) is 7.11 Å². The van der Waals surface area contributed by atoms with E-state index in [0.29, 0.717) is 0 Å². The van der Waals surface area contributed by atoms with Gasteiger partial charge in [-0.25, -0.2) is 0 Å². The molecule has 214 valence electrons. The SMILES string of the molecule is C=Cc1cc(-c2ccccc2)c(/C=C\c2ccc(N(c3ccc(C)cc3)c3ccc(OC)cc3)cc2)cc1-c1ccccc1. The number of ether oxygens (including phenoxy) is 1. The van der Waals surface area contributed by atoms with Gasteiger partial charge in [0.2, 0.25) is 0 Å². The molecule has 2 nitrogen and oxygen atoms in total. The Morgan fingerprint density at radius 3 is 1.55 bits per heavy atom. The van der Waals surface area contributed by atoms with Crippen LogP contribution in [0.25, 0.3) is 40.5 Å². The van der Waals surface area contributed by atoms with Crippen molar-refractivity contribution in [2.24, 2.45) is 0 Å². The Bertz CT molecular complexity index is 1870. The minimum absolute atomic E-state index is 0.838. The van der Waals surface area contributed by atoms with Crippen molar-refractivity contribution < 1.29 is 4.74 Å². The highest BCUT2D eigenvalue weighted by Gasteiger charge is 2.13. The van der Waals surface area contributed by atoms with Crippen molar-refractivity contribution in [3.63, 3.8) is 0 Å². The molecule has 0 saturated carbocycles. The van der Waals surface area contributed by atoms with Crippen LogP contribution in [0, 0.1) is 6.92 Å². The summed E-state index contributed by atoms with van der Waals surface area (Å²) < 4.78 is 5.41. The number of benzene rings is 6. The lowest BCUT2D eigenvalue weighted by Gasteiger charge is -2.26. The van der Waals surface area contributed by atoms with Gasteiger partial charge in [0, 0.05) is 17.1 Å². The van der Waals surface area contributed by atoms with Crippen LogP contribution >= 0.6 is 0 Å². The molecule has 44 heavy (non-hydrogen) atoms. The highest BCUT2D eigenvalue weighted by atomic mass is 16.5. The van der Waals surface area contributed by atoms with Crippen molar-refractivity contribution in [1.82, 2.24) is 0 Å². The summed E-state index contributed by atoms with van der Waals surface area (Å²) in [6.07, 6.45) is 6.36. The molecular formula is C42H35NO. The van der Waals surface area contributed by atoms with E-state index in [0.717, 1.165) is 39.5 Å². The van der Waals surface area contributed by atoms with Crippen molar-refractivity contribution in [3.8, 4) is 28.0 Å². The topological polar surface area (TPSA) is 12.5 Å². The second-order valence-electron chi connectivity index (χ2n) is 10.8. The molecule has 0 amide bonds. The van der Waals surface area contributed by atoms with Crippen LogP contribution in [0.3, 0.4) is 0 Å². The van der Waals surface area contributed by atoms with Crippen molar-refractivity contribution in [2.75, 3.05) is 12.0 Å². The third-order valence-electron chi connectivity index (χ3n) is 7.84. The van der Waals surface area contributed by atoms with Crippen LogP contribution in [0.1, 0.15) is 22.3 Å². The lowest BCUT2D eigenvalue weighted by Crippen LogP contribution is -2.09. The van der Waals surface area contributed by atoms with E-state index < -0.39 is 0 Å². The molecule has 6 aromatic rings. The second-order valence-corrected chi connectivity index (χ2v) is 10.8. The molecule has 0 unspecified atom stereocenters. The largest absolute Gasteiger partial charge is 0.497 e. The minimum Gasteiger partial charge on any atom is -0.497 e. The monoisotopic (exact) mass is 569 g/mol. The third kappa shape index (κ3) is 6.25. The normalized spacial score (nSPS) is 11.0. The standard InChI is InChI=1S/C42H35NO/c1-4-33-29-42(35-13-9-6-10-14-35)36(30-41(33)34-11-7-5-8-12-34)20-17-32-18-23-38(24-19-32)43(37-21-15-31(2)16-22-37)39-25-27-40(44-3)28-26-39/h4-30H,1H2,2-3H3/b20-17-. The molecule has 2 heteroatoms. The second kappa shape index (κ2) is 13.1. The summed E-state index contributed by atoms with van der Waals surface area (Å²) in [7, 11) is 1.69. The zero-order chi connectivity index (χ0) is 30.3. The molecule has 0 aliphatic rings. The predicted molar refractivity (Wildman–Crippen MR) is 189 cm³/mol. The Balaban J connectivity index is 1.37. The molecule has 0 fully saturated rings. The molecule has 0 saturated heterocycles. The summed E-state index contributed by atoms with van der Waals surface area (Å²) in [4.78, 5) is 2.26. The summed E-state index contributed by atoms with van der Waals surface area (Å²) >= 11 is 0. The quantitative estimate of drug-likeness (QED) is 0.161. The van der Waals surface area contributed by atoms with Gasteiger partial charge in [-0.3, -0.25) is 0 Å². The molecule has 0 aromatic heterocycles. The average molecular weight is 570 g/mol. The zero-order valence-corrected chi connectivity index (χ0v) is 25.2. The molecule has 6 aromatic carbocycles. The molecule has 0 atom stereocenters. The lowest BCUT2D eigenvalue weighted by molar-refractivity contribution is 0.415. The summed E-state index contributed by atoms with van der Waals surface area (Å²) in [6, 6.07) is 51.1. The molecule has 0 heterocycles. The van der Waals surface area contributed by atoms with E-state index >= 15 is 0 Å². The third-order valence-corrected chi connectivity index (χ3v) is 7.84. The van der Waals surface area contributed by atoms with Crippen LogP contribution in [0.15, 0.2) is 152 Å². The first-order chi connectivity index (χ1) is 21.6. The average Bonchev–Trinajstić information content (AvgIpc) is 3.09. The first kappa shape index (κ1) is 28.5. The van der Waals surface area contributed by atoms with Gasteiger partial charge in [-0.2, -0.15) is 0 Å². The maximum Gasteiger partial charge on any atom is 0.119 e. The van der Waals surface area contributed by atoms with Gasteiger partial charge in [-0.15, -0.1) is 0 Å². The first-order valence-corrected chi connectivity index (χ1v) is 14.8. The first-order valence-electron chi connectivity index (χ1n) is 14.8. The van der Waals surface area contributed by atoms with E-state index in [1.165, 1.54) is 27.8 Å². The molecule has 0 N–H and O–H groups in total. The van der Waals surface area contributed by atoms with E-state index in [4.69, 9.17) is 4.74 Å². The van der Waals surface area contributed by atoms with Crippen LogP contribution in [-0.4, -0.2) is 7.11 Å². The number of nitrogens with zero attached hydrogens (tertiary/aromatic N) is 1. The van der Waals surface area contributed by atoms with E-state index in [2.05, 4.69) is 164 Å². The number of hydrogen-bond donors (Lipinski definition) is 0.